The third-order valence-corrected chi connectivity index (χ3v) is 5.47. The summed E-state index contributed by atoms with van der Waals surface area (Å²) in [5.41, 5.74) is 1.85. The fourth-order valence-corrected chi connectivity index (χ4v) is 3.66. The Hall–Kier alpha value is -3.81. The number of carboxylic acid groups (broad SMARTS) is 1. The molecule has 0 aliphatic carbocycles. The monoisotopic (exact) mass is 423 g/mol. The van der Waals surface area contributed by atoms with E-state index >= 15 is 0 Å². The van der Waals surface area contributed by atoms with Gasteiger partial charge >= 0.3 is 6.09 Å². The Labute approximate surface area is 178 Å². The van der Waals surface area contributed by atoms with E-state index in [-0.39, 0.29) is 17.6 Å². The molecule has 1 aliphatic rings. The van der Waals surface area contributed by atoms with Crippen LogP contribution in [0.5, 0.6) is 0 Å². The van der Waals surface area contributed by atoms with Crippen molar-refractivity contribution in [3.05, 3.63) is 72.2 Å². The third kappa shape index (κ3) is 4.37. The maximum atomic E-state index is 13.9. The number of nitrogens with zero attached hydrogens (tertiary/aromatic N) is 2. The second-order valence-electron chi connectivity index (χ2n) is 7.43. The van der Waals surface area contributed by atoms with Gasteiger partial charge in [-0.15, -0.1) is 0 Å². The SMILES string of the molecule is CN(C(=O)O)C1CCN(c2ccc(NC(=O)c3ccc(-c4ccccc4F)o3)cc2)C1. The van der Waals surface area contributed by atoms with E-state index in [9.17, 15) is 14.0 Å². The van der Waals surface area contributed by atoms with Crippen LogP contribution in [0.15, 0.2) is 65.1 Å². The predicted molar refractivity (Wildman–Crippen MR) is 115 cm³/mol. The van der Waals surface area contributed by atoms with E-state index in [0.29, 0.717) is 17.8 Å². The molecule has 1 aliphatic heterocycles. The van der Waals surface area contributed by atoms with Crippen molar-refractivity contribution in [3.63, 3.8) is 0 Å². The zero-order valence-corrected chi connectivity index (χ0v) is 16.9. The Bertz CT molecular complexity index is 1100. The van der Waals surface area contributed by atoms with Crippen LogP contribution >= 0.6 is 0 Å². The lowest BCUT2D eigenvalue weighted by Crippen LogP contribution is -2.38. The molecule has 31 heavy (non-hydrogen) atoms. The molecule has 1 fully saturated rings. The summed E-state index contributed by atoms with van der Waals surface area (Å²) in [6, 6.07) is 16.6. The summed E-state index contributed by atoms with van der Waals surface area (Å²) in [6.07, 6.45) is -0.162. The summed E-state index contributed by atoms with van der Waals surface area (Å²) in [6.45, 7) is 1.39. The minimum atomic E-state index is -0.930. The summed E-state index contributed by atoms with van der Waals surface area (Å²) in [7, 11) is 1.58. The summed E-state index contributed by atoms with van der Waals surface area (Å²) in [5, 5.41) is 11.9. The highest BCUT2D eigenvalue weighted by molar-refractivity contribution is 6.02. The number of amides is 2. The predicted octanol–water partition coefficient (Wildman–Crippen LogP) is 4.53. The van der Waals surface area contributed by atoms with Crippen LogP contribution in [0.4, 0.5) is 20.6 Å². The molecule has 2 N–H and O–H groups in total. The molecule has 1 saturated heterocycles. The molecule has 8 heteroatoms. The van der Waals surface area contributed by atoms with Crippen molar-refractivity contribution in [3.8, 4) is 11.3 Å². The number of nitrogens with one attached hydrogen (secondary N) is 1. The van der Waals surface area contributed by atoms with Crippen molar-refractivity contribution in [2.75, 3.05) is 30.4 Å². The largest absolute Gasteiger partial charge is 0.465 e. The number of anilines is 2. The molecule has 0 saturated carbocycles. The highest BCUT2D eigenvalue weighted by atomic mass is 19.1. The van der Waals surface area contributed by atoms with Gasteiger partial charge in [-0.2, -0.15) is 0 Å². The van der Waals surface area contributed by atoms with Crippen LogP contribution in [0.25, 0.3) is 11.3 Å². The van der Waals surface area contributed by atoms with E-state index in [0.717, 1.165) is 18.7 Å². The van der Waals surface area contributed by atoms with Gasteiger partial charge in [-0.25, -0.2) is 9.18 Å². The molecule has 1 unspecified atom stereocenters. The van der Waals surface area contributed by atoms with Gasteiger partial charge in [0.15, 0.2) is 5.76 Å². The Morgan fingerprint density at radius 3 is 2.58 bits per heavy atom. The van der Waals surface area contributed by atoms with Crippen molar-refractivity contribution in [1.82, 2.24) is 4.90 Å². The first kappa shape index (κ1) is 20.5. The van der Waals surface area contributed by atoms with Crippen molar-refractivity contribution >= 4 is 23.4 Å². The first-order valence-corrected chi connectivity index (χ1v) is 9.89. The van der Waals surface area contributed by atoms with Gasteiger partial charge in [0, 0.05) is 31.5 Å². The van der Waals surface area contributed by atoms with Crippen LogP contribution in [0.1, 0.15) is 17.0 Å². The lowest BCUT2D eigenvalue weighted by atomic mass is 10.1. The first-order chi connectivity index (χ1) is 14.9. The Kier molecular flexibility index (Phi) is 5.62. The molecule has 2 heterocycles. The van der Waals surface area contributed by atoms with Gasteiger partial charge < -0.3 is 24.6 Å². The van der Waals surface area contributed by atoms with Gasteiger partial charge in [0.1, 0.15) is 11.6 Å². The Balaban J connectivity index is 1.39. The molecule has 0 bridgehead atoms. The van der Waals surface area contributed by atoms with E-state index in [1.165, 1.54) is 17.0 Å². The zero-order valence-electron chi connectivity index (χ0n) is 16.9. The number of rotatable bonds is 5. The number of likely N-dealkylation sites (N-methyl/N-ethyl adjacent to an activating group) is 1. The number of benzene rings is 2. The second-order valence-corrected chi connectivity index (χ2v) is 7.43. The van der Waals surface area contributed by atoms with Crippen LogP contribution in [0.3, 0.4) is 0 Å². The lowest BCUT2D eigenvalue weighted by Gasteiger charge is -2.23. The number of carbonyl (C=O) groups excluding carboxylic acids is 1. The smallest absolute Gasteiger partial charge is 0.407 e. The van der Waals surface area contributed by atoms with Gasteiger partial charge in [0.2, 0.25) is 0 Å². The Morgan fingerprint density at radius 1 is 1.13 bits per heavy atom. The van der Waals surface area contributed by atoms with Gasteiger partial charge in [-0.1, -0.05) is 12.1 Å². The van der Waals surface area contributed by atoms with Crippen LogP contribution in [-0.2, 0) is 0 Å². The number of carbonyl (C=O) groups is 2. The van der Waals surface area contributed by atoms with E-state index < -0.39 is 17.8 Å². The van der Waals surface area contributed by atoms with Crippen molar-refractivity contribution in [2.45, 2.75) is 12.5 Å². The van der Waals surface area contributed by atoms with Crippen LogP contribution in [0.2, 0.25) is 0 Å². The zero-order chi connectivity index (χ0) is 22.0. The molecule has 160 valence electrons. The lowest BCUT2D eigenvalue weighted by molar-refractivity contribution is 0.0997. The van der Waals surface area contributed by atoms with Gasteiger partial charge in [0.25, 0.3) is 5.91 Å². The molecular weight excluding hydrogens is 401 g/mol. The molecule has 2 amide bonds. The van der Waals surface area contributed by atoms with Crippen molar-refractivity contribution < 1.29 is 23.5 Å². The van der Waals surface area contributed by atoms with E-state index in [1.54, 1.807) is 43.4 Å². The molecule has 0 spiro atoms. The van der Waals surface area contributed by atoms with Crippen LogP contribution in [0, 0.1) is 5.82 Å². The standard InChI is InChI=1S/C23H22FN3O4/c1-26(23(29)30)17-12-13-27(14-17)16-8-6-15(7-9-16)25-22(28)21-11-10-20(31-21)18-4-2-3-5-19(18)24/h2-11,17H,12-14H2,1H3,(H,25,28)(H,29,30). The Morgan fingerprint density at radius 2 is 1.87 bits per heavy atom. The minimum Gasteiger partial charge on any atom is -0.465 e. The average molecular weight is 423 g/mol. The maximum Gasteiger partial charge on any atom is 0.407 e. The van der Waals surface area contributed by atoms with Gasteiger partial charge in [-0.05, 0) is 55.0 Å². The molecule has 7 nitrogen and oxygen atoms in total. The number of hydrogen-bond acceptors (Lipinski definition) is 4. The topological polar surface area (TPSA) is 86.0 Å². The molecule has 1 aromatic heterocycles. The normalized spacial score (nSPS) is 15.7. The van der Waals surface area contributed by atoms with Crippen LogP contribution < -0.4 is 10.2 Å². The third-order valence-electron chi connectivity index (χ3n) is 5.47. The molecule has 1 atom stereocenters. The molecular formula is C23H22FN3O4. The highest BCUT2D eigenvalue weighted by Crippen LogP contribution is 2.27. The van der Waals surface area contributed by atoms with E-state index in [4.69, 9.17) is 9.52 Å². The maximum absolute atomic E-state index is 13.9. The molecule has 3 aromatic rings. The second kappa shape index (κ2) is 8.51. The van der Waals surface area contributed by atoms with Crippen molar-refractivity contribution in [2.24, 2.45) is 0 Å². The van der Waals surface area contributed by atoms with Crippen molar-refractivity contribution in [1.29, 1.82) is 0 Å². The van der Waals surface area contributed by atoms with Gasteiger partial charge in [-0.3, -0.25) is 4.79 Å². The minimum absolute atomic E-state index is 0.0421. The first-order valence-electron chi connectivity index (χ1n) is 9.89. The molecule has 4 rings (SSSR count). The summed E-state index contributed by atoms with van der Waals surface area (Å²) < 4.78 is 19.4. The number of hydrogen-bond donors (Lipinski definition) is 2. The summed E-state index contributed by atoms with van der Waals surface area (Å²) in [5.74, 6) is -0.479. The quantitative estimate of drug-likeness (QED) is 0.630. The fraction of sp³-hybridized carbons (Fsp3) is 0.217. The van der Waals surface area contributed by atoms with Crippen LogP contribution in [-0.4, -0.2) is 48.2 Å². The average Bonchev–Trinajstić information content (AvgIpc) is 3.44. The molecule has 0 radical (unpaired) electrons. The molecule has 2 aromatic carbocycles. The summed E-state index contributed by atoms with van der Waals surface area (Å²) >= 11 is 0. The van der Waals surface area contributed by atoms with E-state index in [2.05, 4.69) is 10.2 Å². The number of halogens is 1. The summed E-state index contributed by atoms with van der Waals surface area (Å²) in [4.78, 5) is 27.1. The fourth-order valence-electron chi connectivity index (χ4n) is 3.66. The van der Waals surface area contributed by atoms with E-state index in [1.807, 2.05) is 12.1 Å². The number of furan rings is 1. The van der Waals surface area contributed by atoms with Gasteiger partial charge in [0.05, 0.1) is 11.6 Å². The highest BCUT2D eigenvalue weighted by Gasteiger charge is 2.28.